The SMILES string of the molecule is CC1CNC(=O)N(CC(C)(C)CN)C1. The van der Waals surface area contributed by atoms with Crippen molar-refractivity contribution in [3.63, 3.8) is 0 Å². The first kappa shape index (κ1) is 11.3. The summed E-state index contributed by atoms with van der Waals surface area (Å²) in [4.78, 5) is 13.4. The van der Waals surface area contributed by atoms with Crippen molar-refractivity contribution < 1.29 is 4.79 Å². The van der Waals surface area contributed by atoms with Gasteiger partial charge in [0.1, 0.15) is 0 Å². The molecule has 1 saturated heterocycles. The predicted molar refractivity (Wildman–Crippen MR) is 57.0 cm³/mol. The van der Waals surface area contributed by atoms with Gasteiger partial charge in [0.05, 0.1) is 0 Å². The van der Waals surface area contributed by atoms with Crippen molar-refractivity contribution in [1.82, 2.24) is 10.2 Å². The summed E-state index contributed by atoms with van der Waals surface area (Å²) in [7, 11) is 0. The quantitative estimate of drug-likeness (QED) is 0.700. The highest BCUT2D eigenvalue weighted by atomic mass is 16.2. The van der Waals surface area contributed by atoms with Gasteiger partial charge in [0, 0.05) is 19.6 Å². The van der Waals surface area contributed by atoms with Crippen molar-refractivity contribution in [3.05, 3.63) is 0 Å². The summed E-state index contributed by atoms with van der Waals surface area (Å²) in [6.45, 7) is 9.28. The Hall–Kier alpha value is -0.770. The number of carbonyl (C=O) groups is 1. The Morgan fingerprint density at radius 3 is 2.86 bits per heavy atom. The summed E-state index contributed by atoms with van der Waals surface area (Å²) in [6.07, 6.45) is 0. The molecule has 0 aliphatic carbocycles. The van der Waals surface area contributed by atoms with Gasteiger partial charge in [-0.1, -0.05) is 20.8 Å². The lowest BCUT2D eigenvalue weighted by Crippen LogP contribution is -2.53. The van der Waals surface area contributed by atoms with Gasteiger partial charge >= 0.3 is 6.03 Å². The van der Waals surface area contributed by atoms with Crippen LogP contribution in [0.3, 0.4) is 0 Å². The number of amides is 2. The molecule has 2 amide bonds. The van der Waals surface area contributed by atoms with E-state index in [1.165, 1.54) is 0 Å². The number of nitrogens with two attached hydrogens (primary N) is 1. The zero-order chi connectivity index (χ0) is 10.8. The molecule has 1 aliphatic heterocycles. The lowest BCUT2D eigenvalue weighted by molar-refractivity contribution is 0.142. The first-order valence-electron chi connectivity index (χ1n) is 5.17. The molecular formula is C10H21N3O. The molecule has 0 aromatic heterocycles. The van der Waals surface area contributed by atoms with Gasteiger partial charge in [0.2, 0.25) is 0 Å². The van der Waals surface area contributed by atoms with Crippen LogP contribution < -0.4 is 11.1 Å². The van der Waals surface area contributed by atoms with Crippen molar-refractivity contribution in [2.45, 2.75) is 20.8 Å². The van der Waals surface area contributed by atoms with E-state index in [1.54, 1.807) is 0 Å². The van der Waals surface area contributed by atoms with Gasteiger partial charge in [0.15, 0.2) is 0 Å². The molecule has 0 aromatic rings. The summed E-state index contributed by atoms with van der Waals surface area (Å²) in [5.41, 5.74) is 5.65. The second-order valence-electron chi connectivity index (χ2n) is 5.04. The van der Waals surface area contributed by atoms with Crippen LogP contribution in [0.1, 0.15) is 20.8 Å². The highest BCUT2D eigenvalue weighted by Crippen LogP contribution is 2.17. The molecular weight excluding hydrogens is 178 g/mol. The maximum atomic E-state index is 11.5. The van der Waals surface area contributed by atoms with Crippen LogP contribution in [-0.4, -0.2) is 37.1 Å². The van der Waals surface area contributed by atoms with Crippen molar-refractivity contribution in [2.24, 2.45) is 17.1 Å². The summed E-state index contributed by atoms with van der Waals surface area (Å²) >= 11 is 0. The van der Waals surface area contributed by atoms with Crippen LogP contribution in [0, 0.1) is 11.3 Å². The third-order valence-electron chi connectivity index (χ3n) is 2.59. The van der Waals surface area contributed by atoms with Crippen LogP contribution in [0.4, 0.5) is 4.79 Å². The molecule has 0 spiro atoms. The first-order valence-corrected chi connectivity index (χ1v) is 5.17. The van der Waals surface area contributed by atoms with E-state index in [4.69, 9.17) is 5.73 Å². The van der Waals surface area contributed by atoms with Crippen molar-refractivity contribution in [2.75, 3.05) is 26.2 Å². The Morgan fingerprint density at radius 1 is 1.64 bits per heavy atom. The topological polar surface area (TPSA) is 58.4 Å². The number of urea groups is 1. The number of nitrogens with zero attached hydrogens (tertiary/aromatic N) is 1. The third kappa shape index (κ3) is 2.87. The summed E-state index contributed by atoms with van der Waals surface area (Å²) < 4.78 is 0. The molecule has 4 nitrogen and oxygen atoms in total. The van der Waals surface area contributed by atoms with Gasteiger partial charge < -0.3 is 16.0 Å². The molecule has 1 fully saturated rings. The van der Waals surface area contributed by atoms with Crippen molar-refractivity contribution >= 4 is 6.03 Å². The Balaban J connectivity index is 2.53. The molecule has 1 atom stereocenters. The Morgan fingerprint density at radius 2 is 2.29 bits per heavy atom. The van der Waals surface area contributed by atoms with Gasteiger partial charge in [-0.2, -0.15) is 0 Å². The van der Waals surface area contributed by atoms with Crippen LogP contribution >= 0.6 is 0 Å². The maximum absolute atomic E-state index is 11.5. The molecule has 0 radical (unpaired) electrons. The monoisotopic (exact) mass is 199 g/mol. The fourth-order valence-corrected chi connectivity index (χ4v) is 1.61. The van der Waals surface area contributed by atoms with Gasteiger partial charge in [-0.15, -0.1) is 0 Å². The number of carbonyl (C=O) groups excluding carboxylic acids is 1. The molecule has 1 aliphatic rings. The van der Waals surface area contributed by atoms with Crippen LogP contribution in [0.25, 0.3) is 0 Å². The standard InChI is InChI=1S/C10H21N3O/c1-8-4-12-9(14)13(5-8)7-10(2,3)6-11/h8H,4-7,11H2,1-3H3,(H,12,14). The van der Waals surface area contributed by atoms with E-state index in [0.717, 1.165) is 19.6 Å². The largest absolute Gasteiger partial charge is 0.338 e. The zero-order valence-corrected chi connectivity index (χ0v) is 9.34. The molecule has 82 valence electrons. The summed E-state index contributed by atoms with van der Waals surface area (Å²) in [5.74, 6) is 0.529. The first-order chi connectivity index (χ1) is 6.44. The Labute approximate surface area is 85.8 Å². The van der Waals surface area contributed by atoms with Crippen LogP contribution in [0.2, 0.25) is 0 Å². The highest BCUT2D eigenvalue weighted by molar-refractivity contribution is 5.75. The summed E-state index contributed by atoms with van der Waals surface area (Å²) in [6, 6.07) is 0.0459. The van der Waals surface area contributed by atoms with Gasteiger partial charge in [0.25, 0.3) is 0 Å². The molecule has 1 heterocycles. The van der Waals surface area contributed by atoms with Crippen molar-refractivity contribution in [3.8, 4) is 0 Å². The van der Waals surface area contributed by atoms with Crippen LogP contribution in [0.15, 0.2) is 0 Å². The van der Waals surface area contributed by atoms with E-state index in [-0.39, 0.29) is 11.4 Å². The molecule has 3 N–H and O–H groups in total. The average Bonchev–Trinajstić information content (AvgIpc) is 2.11. The van der Waals surface area contributed by atoms with Gasteiger partial charge in [-0.05, 0) is 17.9 Å². The lowest BCUT2D eigenvalue weighted by Gasteiger charge is -2.36. The second kappa shape index (κ2) is 4.17. The molecule has 14 heavy (non-hydrogen) atoms. The third-order valence-corrected chi connectivity index (χ3v) is 2.59. The highest BCUT2D eigenvalue weighted by Gasteiger charge is 2.27. The van der Waals surface area contributed by atoms with E-state index < -0.39 is 0 Å². The van der Waals surface area contributed by atoms with E-state index in [0.29, 0.717) is 12.5 Å². The van der Waals surface area contributed by atoms with E-state index in [9.17, 15) is 4.79 Å². The average molecular weight is 199 g/mol. The minimum absolute atomic E-state index is 0.00833. The van der Waals surface area contributed by atoms with Crippen LogP contribution in [-0.2, 0) is 0 Å². The number of hydrogen-bond acceptors (Lipinski definition) is 2. The maximum Gasteiger partial charge on any atom is 0.317 e. The molecule has 0 bridgehead atoms. The smallest absolute Gasteiger partial charge is 0.317 e. The predicted octanol–water partition coefficient (Wildman–Crippen LogP) is 0.633. The van der Waals surface area contributed by atoms with E-state index in [2.05, 4.69) is 26.1 Å². The molecule has 0 aromatic carbocycles. The van der Waals surface area contributed by atoms with Crippen LogP contribution in [0.5, 0.6) is 0 Å². The Bertz CT molecular complexity index is 215. The molecule has 4 heteroatoms. The zero-order valence-electron chi connectivity index (χ0n) is 9.34. The fourth-order valence-electron chi connectivity index (χ4n) is 1.61. The number of rotatable bonds is 3. The molecule has 1 unspecified atom stereocenters. The molecule has 1 rings (SSSR count). The minimum atomic E-state index is 0.00833. The van der Waals surface area contributed by atoms with Gasteiger partial charge in [-0.3, -0.25) is 0 Å². The second-order valence-corrected chi connectivity index (χ2v) is 5.04. The molecule has 0 saturated carbocycles. The van der Waals surface area contributed by atoms with E-state index >= 15 is 0 Å². The number of nitrogens with one attached hydrogen (secondary N) is 1. The lowest BCUT2D eigenvalue weighted by atomic mass is 9.92. The summed E-state index contributed by atoms with van der Waals surface area (Å²) in [5, 5.41) is 2.87. The van der Waals surface area contributed by atoms with Crippen molar-refractivity contribution in [1.29, 1.82) is 0 Å². The minimum Gasteiger partial charge on any atom is -0.338 e. The Kier molecular flexibility index (Phi) is 3.37. The normalized spacial score (nSPS) is 23.6. The fraction of sp³-hybridized carbons (Fsp3) is 0.900. The van der Waals surface area contributed by atoms with Gasteiger partial charge in [-0.25, -0.2) is 4.79 Å². The van der Waals surface area contributed by atoms with E-state index in [1.807, 2.05) is 4.90 Å². The number of hydrogen-bond donors (Lipinski definition) is 2.